The molecular weight excluding hydrogens is 240 g/mol. The molecule has 5 N–H and O–H groups in total. The molecule has 1 aromatic carbocycles. The van der Waals surface area contributed by atoms with Crippen LogP contribution >= 0.6 is 0 Å². The number of nitrogens with one attached hydrogen (secondary N) is 2. The van der Waals surface area contributed by atoms with Crippen LogP contribution in [0.15, 0.2) is 35.3 Å². The number of anilines is 1. The van der Waals surface area contributed by atoms with E-state index in [0.717, 1.165) is 5.69 Å². The van der Waals surface area contributed by atoms with Gasteiger partial charge in [-0.05, 0) is 24.1 Å². The Balaban J connectivity index is 2.68. The Bertz CT molecular complexity index is 390. The van der Waals surface area contributed by atoms with Gasteiger partial charge >= 0.3 is 0 Å². The van der Waals surface area contributed by atoms with Crippen molar-refractivity contribution in [3.8, 4) is 0 Å². The lowest BCUT2D eigenvalue weighted by Gasteiger charge is -2.20. The maximum Gasteiger partial charge on any atom is 0.195 e. The minimum Gasteiger partial charge on any atom is -0.395 e. The Morgan fingerprint density at radius 1 is 1.32 bits per heavy atom. The summed E-state index contributed by atoms with van der Waals surface area (Å²) < 4.78 is 0. The van der Waals surface area contributed by atoms with E-state index in [4.69, 9.17) is 10.8 Å². The van der Waals surface area contributed by atoms with Crippen LogP contribution in [0.5, 0.6) is 0 Å². The van der Waals surface area contributed by atoms with Crippen molar-refractivity contribution in [1.82, 2.24) is 5.32 Å². The quantitative estimate of drug-likeness (QED) is 0.457. The molecule has 5 heteroatoms. The average Bonchev–Trinajstić information content (AvgIpc) is 2.43. The van der Waals surface area contributed by atoms with Crippen molar-refractivity contribution < 1.29 is 5.11 Å². The van der Waals surface area contributed by atoms with E-state index in [1.807, 2.05) is 30.3 Å². The first-order valence-corrected chi connectivity index (χ1v) is 6.49. The number of rotatable bonds is 6. The standard InChI is InChI=1S/C14H24N4O/c1-14(2,10-15)11-17-13(16-8-9-19)18-12-6-4-3-5-7-12/h3-7,19H,8-11,15H2,1-2H3,(H2,16,17,18). The van der Waals surface area contributed by atoms with Gasteiger partial charge in [0.25, 0.3) is 0 Å². The number of guanidine groups is 1. The maximum atomic E-state index is 8.89. The first-order valence-electron chi connectivity index (χ1n) is 6.49. The number of nitrogens with zero attached hydrogens (tertiary/aromatic N) is 1. The second kappa shape index (κ2) is 7.76. The van der Waals surface area contributed by atoms with E-state index in [1.165, 1.54) is 0 Å². The first-order chi connectivity index (χ1) is 9.07. The Morgan fingerprint density at radius 3 is 2.58 bits per heavy atom. The fourth-order valence-corrected chi connectivity index (χ4v) is 1.33. The lowest BCUT2D eigenvalue weighted by atomic mass is 9.94. The van der Waals surface area contributed by atoms with Crippen molar-refractivity contribution in [3.05, 3.63) is 30.3 Å². The summed E-state index contributed by atoms with van der Waals surface area (Å²) in [7, 11) is 0. The van der Waals surface area contributed by atoms with Crippen LogP contribution in [0.25, 0.3) is 0 Å². The summed E-state index contributed by atoms with van der Waals surface area (Å²) in [6.07, 6.45) is 0. The van der Waals surface area contributed by atoms with Gasteiger partial charge in [0.15, 0.2) is 5.96 Å². The molecule has 1 aromatic rings. The van der Waals surface area contributed by atoms with Crippen molar-refractivity contribution in [2.75, 3.05) is 31.6 Å². The molecule has 0 atom stereocenters. The molecule has 0 saturated carbocycles. The van der Waals surface area contributed by atoms with Gasteiger partial charge in [-0.3, -0.25) is 4.99 Å². The highest BCUT2D eigenvalue weighted by atomic mass is 16.3. The number of aliphatic hydroxyl groups excluding tert-OH is 1. The number of para-hydroxylation sites is 1. The summed E-state index contributed by atoms with van der Waals surface area (Å²) in [5.41, 5.74) is 6.61. The van der Waals surface area contributed by atoms with E-state index < -0.39 is 0 Å². The maximum absolute atomic E-state index is 8.89. The third-order valence-corrected chi connectivity index (χ3v) is 2.66. The van der Waals surface area contributed by atoms with Crippen molar-refractivity contribution >= 4 is 11.6 Å². The van der Waals surface area contributed by atoms with E-state index in [-0.39, 0.29) is 12.0 Å². The summed E-state index contributed by atoms with van der Waals surface area (Å²) in [6.45, 7) is 5.87. The number of benzene rings is 1. The lowest BCUT2D eigenvalue weighted by Crippen LogP contribution is -2.35. The monoisotopic (exact) mass is 264 g/mol. The van der Waals surface area contributed by atoms with E-state index >= 15 is 0 Å². The minimum atomic E-state index is -0.0372. The topological polar surface area (TPSA) is 82.7 Å². The van der Waals surface area contributed by atoms with Gasteiger partial charge in [0.1, 0.15) is 0 Å². The van der Waals surface area contributed by atoms with Crippen LogP contribution in [-0.2, 0) is 0 Å². The van der Waals surface area contributed by atoms with Crippen molar-refractivity contribution in [3.63, 3.8) is 0 Å². The average molecular weight is 264 g/mol. The van der Waals surface area contributed by atoms with Crippen molar-refractivity contribution in [1.29, 1.82) is 0 Å². The van der Waals surface area contributed by atoms with Gasteiger partial charge in [0.05, 0.1) is 6.61 Å². The largest absolute Gasteiger partial charge is 0.395 e. The zero-order valence-corrected chi connectivity index (χ0v) is 11.7. The first kappa shape index (κ1) is 15.5. The van der Waals surface area contributed by atoms with Gasteiger partial charge < -0.3 is 21.5 Å². The van der Waals surface area contributed by atoms with Crippen LogP contribution in [0.3, 0.4) is 0 Å². The van der Waals surface area contributed by atoms with Gasteiger partial charge in [-0.15, -0.1) is 0 Å². The Kier molecular flexibility index (Phi) is 6.32. The van der Waals surface area contributed by atoms with E-state index in [9.17, 15) is 0 Å². The Hall–Kier alpha value is -1.59. The third-order valence-electron chi connectivity index (χ3n) is 2.66. The van der Waals surface area contributed by atoms with Crippen LogP contribution in [0, 0.1) is 5.41 Å². The number of aliphatic imine (C=N–C) groups is 1. The van der Waals surface area contributed by atoms with Gasteiger partial charge in [-0.25, -0.2) is 0 Å². The van der Waals surface area contributed by atoms with Crippen LogP contribution < -0.4 is 16.4 Å². The van der Waals surface area contributed by atoms with Gasteiger partial charge in [0.2, 0.25) is 0 Å². The predicted octanol–water partition coefficient (Wildman–Crippen LogP) is 1.02. The minimum absolute atomic E-state index is 0.0372. The molecule has 0 aliphatic rings. The smallest absolute Gasteiger partial charge is 0.195 e. The second-order valence-corrected chi connectivity index (χ2v) is 5.17. The SMILES string of the molecule is CC(C)(CN)CN=C(NCCO)Nc1ccccc1. The highest BCUT2D eigenvalue weighted by Crippen LogP contribution is 2.12. The van der Waals surface area contributed by atoms with E-state index in [2.05, 4.69) is 29.5 Å². The summed E-state index contributed by atoms with van der Waals surface area (Å²) in [4.78, 5) is 4.50. The number of aliphatic hydroxyl groups is 1. The third kappa shape index (κ3) is 6.22. The number of hydrogen-bond donors (Lipinski definition) is 4. The summed E-state index contributed by atoms with van der Waals surface area (Å²) in [6, 6.07) is 9.79. The lowest BCUT2D eigenvalue weighted by molar-refractivity contribution is 0.300. The molecule has 0 radical (unpaired) electrons. The molecule has 1 rings (SSSR count). The Labute approximate surface area is 114 Å². The molecule has 0 amide bonds. The van der Waals surface area contributed by atoms with Gasteiger partial charge in [-0.2, -0.15) is 0 Å². The van der Waals surface area contributed by atoms with Gasteiger partial charge in [-0.1, -0.05) is 32.0 Å². The van der Waals surface area contributed by atoms with Crippen LogP contribution in [0.4, 0.5) is 5.69 Å². The molecule has 19 heavy (non-hydrogen) atoms. The molecule has 106 valence electrons. The molecule has 0 fully saturated rings. The van der Waals surface area contributed by atoms with Crippen LogP contribution in [0.2, 0.25) is 0 Å². The highest BCUT2D eigenvalue weighted by Gasteiger charge is 2.15. The molecule has 0 aromatic heterocycles. The highest BCUT2D eigenvalue weighted by molar-refractivity contribution is 5.93. The predicted molar refractivity (Wildman–Crippen MR) is 80.3 cm³/mol. The summed E-state index contributed by atoms with van der Waals surface area (Å²) in [5.74, 6) is 0.654. The molecule has 0 aliphatic carbocycles. The summed E-state index contributed by atoms with van der Waals surface area (Å²) in [5, 5.41) is 15.2. The van der Waals surface area contributed by atoms with Crippen LogP contribution in [-0.4, -0.2) is 37.3 Å². The number of hydrogen-bond acceptors (Lipinski definition) is 3. The molecule has 0 heterocycles. The van der Waals surface area contributed by atoms with E-state index in [0.29, 0.717) is 25.6 Å². The molecule has 5 nitrogen and oxygen atoms in total. The molecule has 0 unspecified atom stereocenters. The molecule has 0 bridgehead atoms. The van der Waals surface area contributed by atoms with E-state index in [1.54, 1.807) is 0 Å². The van der Waals surface area contributed by atoms with Crippen molar-refractivity contribution in [2.24, 2.45) is 16.1 Å². The second-order valence-electron chi connectivity index (χ2n) is 5.17. The molecule has 0 spiro atoms. The fraction of sp³-hybridized carbons (Fsp3) is 0.500. The molecule has 0 saturated heterocycles. The van der Waals surface area contributed by atoms with Gasteiger partial charge in [0, 0.05) is 18.8 Å². The fourth-order valence-electron chi connectivity index (χ4n) is 1.33. The zero-order valence-electron chi connectivity index (χ0n) is 11.7. The Morgan fingerprint density at radius 2 is 2.00 bits per heavy atom. The molecular formula is C14H24N4O. The summed E-state index contributed by atoms with van der Waals surface area (Å²) >= 11 is 0. The zero-order chi connectivity index (χ0) is 14.1. The van der Waals surface area contributed by atoms with Crippen LogP contribution in [0.1, 0.15) is 13.8 Å². The number of nitrogens with two attached hydrogens (primary N) is 1. The normalized spacial score (nSPS) is 12.3. The van der Waals surface area contributed by atoms with Crippen molar-refractivity contribution in [2.45, 2.75) is 13.8 Å². The molecule has 0 aliphatic heterocycles.